The van der Waals surface area contributed by atoms with Gasteiger partial charge in [0.2, 0.25) is 0 Å². The van der Waals surface area contributed by atoms with E-state index in [4.69, 9.17) is 10.5 Å². The van der Waals surface area contributed by atoms with E-state index in [1.165, 1.54) is 4.90 Å². The molecule has 0 saturated carbocycles. The second-order valence-electron chi connectivity index (χ2n) is 5.03. The van der Waals surface area contributed by atoms with E-state index in [-0.39, 0.29) is 12.5 Å². The SMILES string of the molecule is Cc1ccc(C(=O)OCC(=O)N(C)Cc2ccsc2)cc1N. The van der Waals surface area contributed by atoms with E-state index in [9.17, 15) is 9.59 Å². The highest BCUT2D eigenvalue weighted by molar-refractivity contribution is 7.07. The fraction of sp³-hybridized carbons (Fsp3) is 0.250. The van der Waals surface area contributed by atoms with E-state index in [0.29, 0.717) is 17.8 Å². The zero-order valence-corrected chi connectivity index (χ0v) is 13.4. The van der Waals surface area contributed by atoms with Crippen molar-refractivity contribution >= 4 is 28.9 Å². The van der Waals surface area contributed by atoms with E-state index in [1.54, 1.807) is 36.6 Å². The van der Waals surface area contributed by atoms with Gasteiger partial charge in [0, 0.05) is 19.3 Å². The molecule has 0 aliphatic carbocycles. The number of nitrogen functional groups attached to an aromatic ring is 1. The Morgan fingerprint density at radius 2 is 2.09 bits per heavy atom. The van der Waals surface area contributed by atoms with Crippen LogP contribution >= 0.6 is 11.3 Å². The summed E-state index contributed by atoms with van der Waals surface area (Å²) in [5.41, 5.74) is 8.57. The molecule has 2 rings (SSSR count). The van der Waals surface area contributed by atoms with Crippen molar-refractivity contribution in [1.82, 2.24) is 4.90 Å². The summed E-state index contributed by atoms with van der Waals surface area (Å²) in [6.07, 6.45) is 0. The highest BCUT2D eigenvalue weighted by Crippen LogP contribution is 2.14. The summed E-state index contributed by atoms with van der Waals surface area (Å²) >= 11 is 1.58. The second-order valence-corrected chi connectivity index (χ2v) is 5.81. The van der Waals surface area contributed by atoms with Crippen LogP contribution in [-0.2, 0) is 16.1 Å². The molecule has 0 aliphatic heterocycles. The van der Waals surface area contributed by atoms with Crippen LogP contribution in [0.5, 0.6) is 0 Å². The van der Waals surface area contributed by atoms with Gasteiger partial charge in [-0.25, -0.2) is 4.79 Å². The lowest BCUT2D eigenvalue weighted by Gasteiger charge is -2.16. The van der Waals surface area contributed by atoms with Gasteiger partial charge in [0.15, 0.2) is 6.61 Å². The molecule has 1 amide bonds. The van der Waals surface area contributed by atoms with Crippen LogP contribution in [0.1, 0.15) is 21.5 Å². The molecule has 1 aromatic carbocycles. The summed E-state index contributed by atoms with van der Waals surface area (Å²) in [5, 5.41) is 3.93. The summed E-state index contributed by atoms with van der Waals surface area (Å²) in [4.78, 5) is 25.4. The summed E-state index contributed by atoms with van der Waals surface area (Å²) in [7, 11) is 1.68. The van der Waals surface area contributed by atoms with Gasteiger partial charge in [-0.1, -0.05) is 6.07 Å². The van der Waals surface area contributed by atoms with Gasteiger partial charge < -0.3 is 15.4 Å². The largest absolute Gasteiger partial charge is 0.452 e. The molecule has 0 unspecified atom stereocenters. The van der Waals surface area contributed by atoms with Gasteiger partial charge in [-0.3, -0.25) is 4.79 Å². The predicted molar refractivity (Wildman–Crippen MR) is 86.7 cm³/mol. The molecule has 116 valence electrons. The molecule has 22 heavy (non-hydrogen) atoms. The molecule has 0 fully saturated rings. The Hall–Kier alpha value is -2.34. The number of thiophene rings is 1. The third-order valence-electron chi connectivity index (χ3n) is 3.27. The fourth-order valence-corrected chi connectivity index (χ4v) is 2.49. The summed E-state index contributed by atoms with van der Waals surface area (Å²) < 4.78 is 5.04. The highest BCUT2D eigenvalue weighted by atomic mass is 32.1. The number of carbonyl (C=O) groups is 2. The molecule has 2 aromatic rings. The first kappa shape index (κ1) is 16.0. The Labute approximate surface area is 133 Å². The number of nitrogens with zero attached hydrogens (tertiary/aromatic N) is 1. The molecule has 5 nitrogen and oxygen atoms in total. The minimum absolute atomic E-state index is 0.250. The normalized spacial score (nSPS) is 10.3. The maximum absolute atomic E-state index is 12.0. The molecule has 1 heterocycles. The number of rotatable bonds is 5. The number of amides is 1. The van der Waals surface area contributed by atoms with Gasteiger partial charge >= 0.3 is 5.97 Å². The number of hydrogen-bond acceptors (Lipinski definition) is 5. The van der Waals surface area contributed by atoms with Crippen LogP contribution in [0.2, 0.25) is 0 Å². The quantitative estimate of drug-likeness (QED) is 0.679. The average molecular weight is 318 g/mol. The summed E-state index contributed by atoms with van der Waals surface area (Å²) in [6, 6.07) is 6.89. The number of aryl methyl sites for hydroxylation is 1. The summed E-state index contributed by atoms with van der Waals surface area (Å²) in [5.74, 6) is -0.802. The van der Waals surface area contributed by atoms with Gasteiger partial charge in [-0.15, -0.1) is 0 Å². The van der Waals surface area contributed by atoms with Gasteiger partial charge in [0.05, 0.1) is 5.56 Å². The zero-order valence-electron chi connectivity index (χ0n) is 12.5. The highest BCUT2D eigenvalue weighted by Gasteiger charge is 2.14. The number of anilines is 1. The lowest BCUT2D eigenvalue weighted by Crippen LogP contribution is -2.30. The van der Waals surface area contributed by atoms with Crippen molar-refractivity contribution in [1.29, 1.82) is 0 Å². The Morgan fingerprint density at radius 3 is 2.73 bits per heavy atom. The van der Waals surface area contributed by atoms with Gasteiger partial charge in [0.25, 0.3) is 5.91 Å². The minimum Gasteiger partial charge on any atom is -0.452 e. The molecule has 0 spiro atoms. The Morgan fingerprint density at radius 1 is 1.32 bits per heavy atom. The molecule has 0 bridgehead atoms. The number of ether oxygens (including phenoxy) is 1. The molecule has 0 atom stereocenters. The van der Waals surface area contributed by atoms with E-state index < -0.39 is 5.97 Å². The van der Waals surface area contributed by atoms with Crippen molar-refractivity contribution in [2.45, 2.75) is 13.5 Å². The average Bonchev–Trinajstić information content (AvgIpc) is 3.00. The van der Waals surface area contributed by atoms with Crippen molar-refractivity contribution < 1.29 is 14.3 Å². The van der Waals surface area contributed by atoms with E-state index in [2.05, 4.69) is 0 Å². The minimum atomic E-state index is -0.552. The van der Waals surface area contributed by atoms with E-state index >= 15 is 0 Å². The monoisotopic (exact) mass is 318 g/mol. The zero-order chi connectivity index (χ0) is 16.1. The van der Waals surface area contributed by atoms with Crippen LogP contribution in [0.3, 0.4) is 0 Å². The van der Waals surface area contributed by atoms with Crippen molar-refractivity contribution in [2.75, 3.05) is 19.4 Å². The molecule has 0 saturated heterocycles. The lowest BCUT2D eigenvalue weighted by atomic mass is 10.1. The van der Waals surface area contributed by atoms with Crippen LogP contribution in [0.4, 0.5) is 5.69 Å². The molecular formula is C16H18N2O3S. The van der Waals surface area contributed by atoms with Gasteiger partial charge in [0.1, 0.15) is 0 Å². The standard InChI is InChI=1S/C16H18N2O3S/c1-11-3-4-13(7-14(11)17)16(20)21-9-15(19)18(2)8-12-5-6-22-10-12/h3-7,10H,8-9,17H2,1-2H3. The van der Waals surface area contributed by atoms with E-state index in [0.717, 1.165) is 11.1 Å². The number of benzene rings is 1. The number of carbonyl (C=O) groups excluding carboxylic acids is 2. The molecular weight excluding hydrogens is 300 g/mol. The first-order valence-corrected chi connectivity index (χ1v) is 7.70. The van der Waals surface area contributed by atoms with Crippen LogP contribution in [0.15, 0.2) is 35.0 Å². The molecule has 0 radical (unpaired) electrons. The number of nitrogens with two attached hydrogens (primary N) is 1. The van der Waals surface area contributed by atoms with Crippen LogP contribution in [0.25, 0.3) is 0 Å². The first-order chi connectivity index (χ1) is 10.5. The maximum atomic E-state index is 12.0. The third-order valence-corrected chi connectivity index (χ3v) is 4.00. The number of hydrogen-bond donors (Lipinski definition) is 1. The first-order valence-electron chi connectivity index (χ1n) is 6.75. The van der Waals surface area contributed by atoms with Gasteiger partial charge in [-0.05, 0) is 47.0 Å². The summed E-state index contributed by atoms with van der Waals surface area (Å²) in [6.45, 7) is 2.07. The topological polar surface area (TPSA) is 72.6 Å². The Kier molecular flexibility index (Phi) is 5.16. The molecule has 2 N–H and O–H groups in total. The van der Waals surface area contributed by atoms with Crippen molar-refractivity contribution in [3.8, 4) is 0 Å². The Bertz CT molecular complexity index is 668. The lowest BCUT2D eigenvalue weighted by molar-refractivity contribution is -0.133. The number of esters is 1. The third kappa shape index (κ3) is 4.08. The van der Waals surface area contributed by atoms with Crippen LogP contribution < -0.4 is 5.73 Å². The maximum Gasteiger partial charge on any atom is 0.338 e. The van der Waals surface area contributed by atoms with Crippen molar-refractivity contribution in [2.24, 2.45) is 0 Å². The molecule has 1 aromatic heterocycles. The van der Waals surface area contributed by atoms with Gasteiger partial charge in [-0.2, -0.15) is 11.3 Å². The number of likely N-dealkylation sites (N-methyl/N-ethyl adjacent to an activating group) is 1. The van der Waals surface area contributed by atoms with E-state index in [1.807, 2.05) is 23.8 Å². The van der Waals surface area contributed by atoms with Crippen LogP contribution in [-0.4, -0.2) is 30.4 Å². The van der Waals surface area contributed by atoms with Crippen molar-refractivity contribution in [3.05, 3.63) is 51.7 Å². The predicted octanol–water partition coefficient (Wildman–Crippen LogP) is 2.45. The second kappa shape index (κ2) is 7.09. The Balaban J connectivity index is 1.87. The smallest absolute Gasteiger partial charge is 0.338 e. The molecule has 6 heteroatoms. The molecule has 0 aliphatic rings. The van der Waals surface area contributed by atoms with Crippen molar-refractivity contribution in [3.63, 3.8) is 0 Å². The fourth-order valence-electron chi connectivity index (χ4n) is 1.83. The van der Waals surface area contributed by atoms with Crippen LogP contribution in [0, 0.1) is 6.92 Å².